The number of nitrogens with two attached hydrogens (primary N) is 1. The van der Waals surface area contributed by atoms with Gasteiger partial charge in [-0.25, -0.2) is 0 Å². The van der Waals surface area contributed by atoms with Crippen LogP contribution >= 0.6 is 0 Å². The van der Waals surface area contributed by atoms with Gasteiger partial charge in [0.05, 0.1) is 0 Å². The molecule has 4 heteroatoms. The number of likely N-dealkylation sites (tertiary alicyclic amines) is 1. The van der Waals surface area contributed by atoms with Crippen molar-refractivity contribution in [2.24, 2.45) is 0 Å². The molecular formula is C13H19N3O. The molecule has 2 heterocycles. The highest BCUT2D eigenvalue weighted by molar-refractivity contribution is 5.93. The highest BCUT2D eigenvalue weighted by Gasteiger charge is 2.30. The van der Waals surface area contributed by atoms with Crippen molar-refractivity contribution in [1.82, 2.24) is 9.88 Å². The van der Waals surface area contributed by atoms with Crippen LogP contribution in [0.1, 0.15) is 43.6 Å². The first-order chi connectivity index (χ1) is 8.09. The van der Waals surface area contributed by atoms with Gasteiger partial charge in [-0.3, -0.25) is 9.78 Å². The Bertz CT molecular complexity index is 409. The zero-order valence-corrected chi connectivity index (χ0v) is 10.4. The van der Waals surface area contributed by atoms with Crippen LogP contribution in [0.2, 0.25) is 0 Å². The monoisotopic (exact) mass is 233 g/mol. The Balaban J connectivity index is 2.24. The van der Waals surface area contributed by atoms with Crippen LogP contribution in [0.4, 0.5) is 5.69 Å². The van der Waals surface area contributed by atoms with E-state index in [4.69, 9.17) is 5.73 Å². The number of aromatic nitrogens is 1. The second-order valence-corrected chi connectivity index (χ2v) is 4.82. The van der Waals surface area contributed by atoms with E-state index in [1.165, 1.54) is 6.42 Å². The van der Waals surface area contributed by atoms with Gasteiger partial charge in [0.15, 0.2) is 0 Å². The van der Waals surface area contributed by atoms with E-state index in [-0.39, 0.29) is 18.0 Å². The molecule has 1 aromatic heterocycles. The summed E-state index contributed by atoms with van der Waals surface area (Å²) in [6.45, 7) is 4.19. The molecule has 0 bridgehead atoms. The number of nitrogen functional groups attached to an aromatic ring is 1. The maximum absolute atomic E-state index is 12.4. The number of pyridine rings is 1. The second-order valence-electron chi connectivity index (χ2n) is 4.82. The summed E-state index contributed by atoms with van der Waals surface area (Å²) < 4.78 is 0. The van der Waals surface area contributed by atoms with Gasteiger partial charge in [0.25, 0.3) is 5.91 Å². The van der Waals surface area contributed by atoms with E-state index < -0.39 is 0 Å². The van der Waals surface area contributed by atoms with Gasteiger partial charge >= 0.3 is 0 Å². The largest absolute Gasteiger partial charge is 0.399 e. The molecule has 1 amide bonds. The van der Waals surface area contributed by atoms with Gasteiger partial charge in [-0.15, -0.1) is 0 Å². The minimum atomic E-state index is -0.00278. The molecule has 4 nitrogen and oxygen atoms in total. The van der Waals surface area contributed by atoms with E-state index in [0.717, 1.165) is 12.8 Å². The minimum Gasteiger partial charge on any atom is -0.399 e. The number of amides is 1. The molecule has 17 heavy (non-hydrogen) atoms. The lowest BCUT2D eigenvalue weighted by Gasteiger charge is -2.38. The Labute approximate surface area is 102 Å². The summed E-state index contributed by atoms with van der Waals surface area (Å²) in [5, 5.41) is 0. The topological polar surface area (TPSA) is 59.2 Å². The van der Waals surface area contributed by atoms with Crippen molar-refractivity contribution < 1.29 is 4.79 Å². The van der Waals surface area contributed by atoms with Gasteiger partial charge in [-0.2, -0.15) is 0 Å². The third kappa shape index (κ3) is 2.40. The number of carbonyl (C=O) groups is 1. The quantitative estimate of drug-likeness (QED) is 0.807. The normalized spacial score (nSPS) is 24.7. The minimum absolute atomic E-state index is 0.00278. The second kappa shape index (κ2) is 4.73. The molecule has 2 rings (SSSR count). The first kappa shape index (κ1) is 11.9. The van der Waals surface area contributed by atoms with Gasteiger partial charge in [-0.1, -0.05) is 0 Å². The molecule has 1 aliphatic rings. The molecular weight excluding hydrogens is 214 g/mol. The van der Waals surface area contributed by atoms with E-state index in [0.29, 0.717) is 11.4 Å². The summed E-state index contributed by atoms with van der Waals surface area (Å²) >= 11 is 0. The van der Waals surface area contributed by atoms with Crippen LogP contribution in [0.25, 0.3) is 0 Å². The highest BCUT2D eigenvalue weighted by atomic mass is 16.2. The number of carbonyl (C=O) groups excluding carboxylic acids is 1. The number of hydrogen-bond acceptors (Lipinski definition) is 3. The van der Waals surface area contributed by atoms with Crippen LogP contribution in [-0.4, -0.2) is 27.9 Å². The van der Waals surface area contributed by atoms with Crippen molar-refractivity contribution >= 4 is 11.6 Å². The first-order valence-corrected chi connectivity index (χ1v) is 6.14. The van der Waals surface area contributed by atoms with Crippen LogP contribution in [0.15, 0.2) is 18.3 Å². The van der Waals surface area contributed by atoms with Gasteiger partial charge < -0.3 is 10.6 Å². The fourth-order valence-corrected chi connectivity index (χ4v) is 2.52. The van der Waals surface area contributed by atoms with Crippen molar-refractivity contribution in [3.8, 4) is 0 Å². The van der Waals surface area contributed by atoms with Crippen LogP contribution < -0.4 is 5.73 Å². The molecule has 0 radical (unpaired) electrons. The van der Waals surface area contributed by atoms with Crippen LogP contribution in [0, 0.1) is 0 Å². The molecule has 0 aliphatic carbocycles. The lowest BCUT2D eigenvalue weighted by molar-refractivity contribution is 0.0504. The predicted molar refractivity (Wildman–Crippen MR) is 67.6 cm³/mol. The van der Waals surface area contributed by atoms with E-state index >= 15 is 0 Å². The van der Waals surface area contributed by atoms with Crippen molar-refractivity contribution in [1.29, 1.82) is 0 Å². The molecule has 0 unspecified atom stereocenters. The van der Waals surface area contributed by atoms with Gasteiger partial charge in [0.1, 0.15) is 5.69 Å². The summed E-state index contributed by atoms with van der Waals surface area (Å²) in [6.07, 6.45) is 4.91. The first-order valence-electron chi connectivity index (χ1n) is 6.14. The number of rotatable bonds is 1. The summed E-state index contributed by atoms with van der Waals surface area (Å²) in [5.41, 5.74) is 6.72. The average Bonchev–Trinajstić information content (AvgIpc) is 2.28. The molecule has 1 fully saturated rings. The highest BCUT2D eigenvalue weighted by Crippen LogP contribution is 2.24. The molecule has 0 saturated carbocycles. The number of anilines is 1. The molecule has 2 atom stereocenters. The van der Waals surface area contributed by atoms with E-state index in [1.807, 2.05) is 4.90 Å². The molecule has 1 aliphatic heterocycles. The zero-order valence-electron chi connectivity index (χ0n) is 10.4. The third-order valence-electron chi connectivity index (χ3n) is 3.43. The number of piperidine rings is 1. The van der Waals surface area contributed by atoms with E-state index in [9.17, 15) is 4.79 Å². The van der Waals surface area contributed by atoms with E-state index in [1.54, 1.807) is 18.3 Å². The summed E-state index contributed by atoms with van der Waals surface area (Å²) in [4.78, 5) is 18.4. The molecule has 1 saturated heterocycles. The molecule has 1 aromatic rings. The standard InChI is InChI=1S/C13H19N3O/c1-9-4-3-5-10(2)16(9)13(17)12-8-11(14)6-7-15-12/h6-10H,3-5H2,1-2H3,(H2,14,15)/t9-,10+. The Hall–Kier alpha value is -1.58. The fraction of sp³-hybridized carbons (Fsp3) is 0.538. The average molecular weight is 233 g/mol. The van der Waals surface area contributed by atoms with Gasteiger partial charge in [0.2, 0.25) is 0 Å². The zero-order chi connectivity index (χ0) is 12.4. The molecule has 0 aromatic carbocycles. The lowest BCUT2D eigenvalue weighted by Crippen LogP contribution is -2.47. The van der Waals surface area contributed by atoms with Crippen LogP contribution in [-0.2, 0) is 0 Å². The van der Waals surface area contributed by atoms with Crippen LogP contribution in [0.3, 0.4) is 0 Å². The van der Waals surface area contributed by atoms with Crippen molar-refractivity contribution in [2.45, 2.75) is 45.2 Å². The number of nitrogens with zero attached hydrogens (tertiary/aromatic N) is 2. The molecule has 2 N–H and O–H groups in total. The Morgan fingerprint density at radius 1 is 1.41 bits per heavy atom. The summed E-state index contributed by atoms with van der Waals surface area (Å²) in [7, 11) is 0. The summed E-state index contributed by atoms with van der Waals surface area (Å²) in [6, 6.07) is 3.92. The fourth-order valence-electron chi connectivity index (χ4n) is 2.52. The SMILES string of the molecule is C[C@@H]1CCC[C@H](C)N1C(=O)c1cc(N)ccn1. The maximum atomic E-state index is 12.4. The van der Waals surface area contributed by atoms with Crippen molar-refractivity contribution in [3.63, 3.8) is 0 Å². The third-order valence-corrected chi connectivity index (χ3v) is 3.43. The Morgan fingerprint density at radius 3 is 2.65 bits per heavy atom. The van der Waals surface area contributed by atoms with E-state index in [2.05, 4.69) is 18.8 Å². The molecule has 92 valence electrons. The maximum Gasteiger partial charge on any atom is 0.273 e. The van der Waals surface area contributed by atoms with Crippen LogP contribution in [0.5, 0.6) is 0 Å². The predicted octanol–water partition coefficient (Wildman–Crippen LogP) is 2.07. The number of hydrogen-bond donors (Lipinski definition) is 1. The Morgan fingerprint density at radius 2 is 2.06 bits per heavy atom. The summed E-state index contributed by atoms with van der Waals surface area (Å²) in [5.74, 6) is -0.00278. The van der Waals surface area contributed by atoms with Crippen molar-refractivity contribution in [2.75, 3.05) is 5.73 Å². The van der Waals surface area contributed by atoms with Crippen molar-refractivity contribution in [3.05, 3.63) is 24.0 Å². The van der Waals surface area contributed by atoms with Gasteiger partial charge in [0, 0.05) is 24.0 Å². The smallest absolute Gasteiger partial charge is 0.273 e. The lowest BCUT2D eigenvalue weighted by atomic mass is 9.97. The molecule has 0 spiro atoms. The van der Waals surface area contributed by atoms with Gasteiger partial charge in [-0.05, 0) is 45.2 Å². The Kier molecular flexibility index (Phi) is 3.31.